The number of hydrogen-bond acceptors (Lipinski definition) is 8. The van der Waals surface area contributed by atoms with Gasteiger partial charge in [-0.3, -0.25) is 14.3 Å². The molecule has 4 heterocycles. The number of aliphatic hydroxyl groups excluding tert-OH is 1. The van der Waals surface area contributed by atoms with Gasteiger partial charge in [0.1, 0.15) is 5.65 Å². The molecule has 0 unspecified atom stereocenters. The molecule has 4 aromatic rings. The predicted octanol–water partition coefficient (Wildman–Crippen LogP) is 4.46. The number of anilines is 3. The van der Waals surface area contributed by atoms with Gasteiger partial charge in [-0.05, 0) is 55.7 Å². The van der Waals surface area contributed by atoms with E-state index in [4.69, 9.17) is 21.3 Å². The predicted molar refractivity (Wildman–Crippen MR) is 163 cm³/mol. The summed E-state index contributed by atoms with van der Waals surface area (Å²) in [6.07, 6.45) is 3.60. The average Bonchev–Trinajstić information content (AvgIpc) is 3.49. The molecule has 2 aromatic carbocycles. The molecule has 1 atom stereocenters. The molecule has 9 nitrogen and oxygen atoms in total. The molecule has 0 spiro atoms. The largest absolute Gasteiger partial charge is 0.395 e. The molecule has 41 heavy (non-hydrogen) atoms. The Bertz CT molecular complexity index is 1600. The zero-order valence-corrected chi connectivity index (χ0v) is 24.0. The molecular weight excluding hydrogens is 540 g/mol. The molecule has 0 aliphatic carbocycles. The van der Waals surface area contributed by atoms with Gasteiger partial charge in [-0.2, -0.15) is 4.98 Å². The van der Waals surface area contributed by atoms with E-state index in [2.05, 4.69) is 39.2 Å². The van der Waals surface area contributed by atoms with Crippen molar-refractivity contribution >= 4 is 40.0 Å². The number of fused-ring (bicyclic) bond motifs is 1. The van der Waals surface area contributed by atoms with Crippen molar-refractivity contribution in [2.24, 2.45) is 0 Å². The van der Waals surface area contributed by atoms with Crippen LogP contribution in [0.1, 0.15) is 18.4 Å². The lowest BCUT2D eigenvalue weighted by atomic mass is 10.1. The quantitative estimate of drug-likeness (QED) is 0.319. The van der Waals surface area contributed by atoms with Gasteiger partial charge in [-0.1, -0.05) is 29.8 Å². The van der Waals surface area contributed by atoms with Gasteiger partial charge in [0, 0.05) is 78.4 Å². The molecule has 2 saturated heterocycles. The van der Waals surface area contributed by atoms with Gasteiger partial charge in [0.05, 0.1) is 19.3 Å². The first-order valence-electron chi connectivity index (χ1n) is 14.2. The zero-order valence-electron chi connectivity index (χ0n) is 23.2. The number of aryl methyl sites for hydroxylation is 1. The second-order valence-electron chi connectivity index (χ2n) is 10.7. The minimum atomic E-state index is -0.148. The van der Waals surface area contributed by atoms with E-state index in [1.165, 1.54) is 5.69 Å². The summed E-state index contributed by atoms with van der Waals surface area (Å²) in [6, 6.07) is 15.5. The van der Waals surface area contributed by atoms with Gasteiger partial charge in [0.2, 0.25) is 5.95 Å². The van der Waals surface area contributed by atoms with Gasteiger partial charge in [0.15, 0.2) is 0 Å². The first-order valence-corrected chi connectivity index (χ1v) is 14.6. The molecular formula is C31H35ClN6O3. The van der Waals surface area contributed by atoms with Crippen LogP contribution in [0.5, 0.6) is 0 Å². The smallest absolute Gasteiger partial charge is 0.260 e. The highest BCUT2D eigenvalue weighted by molar-refractivity contribution is 6.33. The van der Waals surface area contributed by atoms with Gasteiger partial charge < -0.3 is 20.1 Å². The number of aliphatic hydroxyl groups is 1. The van der Waals surface area contributed by atoms with E-state index in [9.17, 15) is 9.90 Å². The number of piperazine rings is 1. The van der Waals surface area contributed by atoms with Crippen molar-refractivity contribution in [2.75, 3.05) is 56.2 Å². The van der Waals surface area contributed by atoms with Crippen LogP contribution in [-0.4, -0.2) is 76.6 Å². The van der Waals surface area contributed by atoms with Crippen LogP contribution >= 0.6 is 11.6 Å². The lowest BCUT2D eigenvalue weighted by molar-refractivity contribution is 0.0971. The highest BCUT2D eigenvalue weighted by Gasteiger charge is 2.22. The monoisotopic (exact) mass is 574 g/mol. The molecule has 2 fully saturated rings. The number of β-amino-alcohol motifs (C(OH)–C–C–N with tert-alkyl or cyclic N) is 1. The highest BCUT2D eigenvalue weighted by atomic mass is 35.5. The molecule has 10 heteroatoms. The molecule has 0 bridgehead atoms. The number of benzene rings is 2. The normalized spacial score (nSPS) is 17.8. The van der Waals surface area contributed by atoms with E-state index in [1.54, 1.807) is 16.8 Å². The fourth-order valence-electron chi connectivity index (χ4n) is 5.82. The van der Waals surface area contributed by atoms with Crippen molar-refractivity contribution < 1.29 is 9.84 Å². The average molecular weight is 575 g/mol. The third kappa shape index (κ3) is 5.94. The first kappa shape index (κ1) is 27.7. The second-order valence-corrected chi connectivity index (χ2v) is 11.1. The summed E-state index contributed by atoms with van der Waals surface area (Å²) in [6.45, 7) is 7.90. The molecule has 0 saturated carbocycles. The summed E-state index contributed by atoms with van der Waals surface area (Å²) in [5, 5.41) is 13.8. The van der Waals surface area contributed by atoms with E-state index in [0.717, 1.165) is 62.2 Å². The van der Waals surface area contributed by atoms with Crippen molar-refractivity contribution in [3.63, 3.8) is 0 Å². The molecule has 2 aromatic heterocycles. The maximum absolute atomic E-state index is 13.8. The SMILES string of the molecule is Cc1cc(Nc2ncc3cc(-c4ccccc4Cl)c(=O)n(C[C@H]4CCCO4)c3n2)ccc1N1CCN(CCO)CC1. The summed E-state index contributed by atoms with van der Waals surface area (Å²) in [5.74, 6) is 0.424. The number of aromatic nitrogens is 3. The van der Waals surface area contributed by atoms with Crippen LogP contribution < -0.4 is 15.8 Å². The number of ether oxygens (including phenoxy) is 1. The number of nitrogens with zero attached hydrogens (tertiary/aromatic N) is 5. The lowest BCUT2D eigenvalue weighted by Gasteiger charge is -2.36. The van der Waals surface area contributed by atoms with Crippen LogP contribution in [-0.2, 0) is 11.3 Å². The third-order valence-corrected chi connectivity index (χ3v) is 8.31. The highest BCUT2D eigenvalue weighted by Crippen LogP contribution is 2.29. The summed E-state index contributed by atoms with van der Waals surface area (Å²) < 4.78 is 7.60. The van der Waals surface area contributed by atoms with Crippen molar-refractivity contribution in [3.8, 4) is 11.1 Å². The van der Waals surface area contributed by atoms with Crippen LogP contribution in [0, 0.1) is 6.92 Å². The minimum Gasteiger partial charge on any atom is -0.395 e. The first-order chi connectivity index (χ1) is 20.0. The fourth-order valence-corrected chi connectivity index (χ4v) is 6.06. The van der Waals surface area contributed by atoms with Gasteiger partial charge in [0.25, 0.3) is 5.56 Å². The fraction of sp³-hybridized carbons (Fsp3) is 0.387. The van der Waals surface area contributed by atoms with Crippen molar-refractivity contribution in [1.29, 1.82) is 0 Å². The maximum Gasteiger partial charge on any atom is 0.260 e. The number of halogens is 1. The second kappa shape index (κ2) is 12.2. The van der Waals surface area contributed by atoms with Crippen LogP contribution in [0.25, 0.3) is 22.2 Å². The Balaban J connectivity index is 1.30. The molecule has 2 N–H and O–H groups in total. The Morgan fingerprint density at radius 1 is 1.10 bits per heavy atom. The van der Waals surface area contributed by atoms with E-state index in [0.29, 0.717) is 40.9 Å². The third-order valence-electron chi connectivity index (χ3n) is 7.98. The number of nitrogens with one attached hydrogen (secondary N) is 1. The van der Waals surface area contributed by atoms with Crippen molar-refractivity contribution in [3.05, 3.63) is 75.7 Å². The van der Waals surface area contributed by atoms with E-state index in [1.807, 2.05) is 30.3 Å². The lowest BCUT2D eigenvalue weighted by Crippen LogP contribution is -2.47. The number of hydrogen-bond donors (Lipinski definition) is 2. The van der Waals surface area contributed by atoms with Gasteiger partial charge >= 0.3 is 0 Å². The molecule has 2 aliphatic rings. The summed E-state index contributed by atoms with van der Waals surface area (Å²) in [5.41, 5.74) is 4.87. The Morgan fingerprint density at radius 3 is 2.66 bits per heavy atom. The molecule has 214 valence electrons. The van der Waals surface area contributed by atoms with Crippen molar-refractivity contribution in [2.45, 2.75) is 32.4 Å². The Morgan fingerprint density at radius 2 is 1.93 bits per heavy atom. The van der Waals surface area contributed by atoms with E-state index >= 15 is 0 Å². The Kier molecular flexibility index (Phi) is 8.20. The zero-order chi connectivity index (χ0) is 28.3. The molecule has 2 aliphatic heterocycles. The number of pyridine rings is 1. The molecule has 0 radical (unpaired) electrons. The summed E-state index contributed by atoms with van der Waals surface area (Å²) in [7, 11) is 0. The summed E-state index contributed by atoms with van der Waals surface area (Å²) >= 11 is 6.48. The van der Waals surface area contributed by atoms with Crippen LogP contribution in [0.3, 0.4) is 0 Å². The summed E-state index contributed by atoms with van der Waals surface area (Å²) in [4.78, 5) is 27.9. The van der Waals surface area contributed by atoms with Gasteiger partial charge in [-0.25, -0.2) is 4.98 Å². The standard InChI is InChI=1S/C31H35ClN6O3/c1-21-17-23(8-9-28(21)37-12-10-36(11-13-37)14-15-39)34-31-33-19-22-18-26(25-6-2-3-7-27(25)32)30(40)38(29(22)35-31)20-24-5-4-16-41-24/h2-3,6-9,17-19,24,39H,4-5,10-16,20H2,1H3,(H,33,34,35)/t24-/m1/s1. The minimum absolute atomic E-state index is 0.0375. The molecule has 0 amide bonds. The van der Waals surface area contributed by atoms with Crippen LogP contribution in [0.2, 0.25) is 5.02 Å². The van der Waals surface area contributed by atoms with Crippen LogP contribution in [0.15, 0.2) is 59.5 Å². The van der Waals surface area contributed by atoms with E-state index < -0.39 is 0 Å². The van der Waals surface area contributed by atoms with Crippen LogP contribution in [0.4, 0.5) is 17.3 Å². The van der Waals surface area contributed by atoms with E-state index in [-0.39, 0.29) is 18.3 Å². The topological polar surface area (TPSA) is 95.8 Å². The Labute approximate surface area is 244 Å². The van der Waals surface area contributed by atoms with Crippen molar-refractivity contribution in [1.82, 2.24) is 19.4 Å². The maximum atomic E-state index is 13.8. The number of rotatable bonds is 8. The van der Waals surface area contributed by atoms with Gasteiger partial charge in [-0.15, -0.1) is 0 Å². The Hall–Kier alpha value is -3.50. The molecule has 6 rings (SSSR count).